The first kappa shape index (κ1) is 18.1. The Bertz CT molecular complexity index is 508. The number of hydrogen-bond donors (Lipinski definition) is 1. The van der Waals surface area contributed by atoms with Crippen LogP contribution in [0.3, 0.4) is 0 Å². The molecule has 0 bridgehead atoms. The summed E-state index contributed by atoms with van der Waals surface area (Å²) in [5.41, 5.74) is 2.25. The number of aliphatic hydroxyl groups excluding tert-OH is 1. The Hall–Kier alpha value is -0.300. The summed E-state index contributed by atoms with van der Waals surface area (Å²) in [5, 5.41) is 10.1. The molecule has 1 heteroatoms. The van der Waals surface area contributed by atoms with Gasteiger partial charge in [0.2, 0.25) is 0 Å². The number of fused-ring (bicyclic) bond motifs is 5. The molecule has 0 saturated heterocycles. The van der Waals surface area contributed by atoms with E-state index in [1.165, 1.54) is 57.8 Å². The van der Waals surface area contributed by atoms with E-state index >= 15 is 0 Å². The van der Waals surface area contributed by atoms with Crippen molar-refractivity contribution in [2.24, 2.45) is 40.9 Å². The fourth-order valence-corrected chi connectivity index (χ4v) is 7.95. The Labute approximate surface area is 155 Å². The first-order chi connectivity index (χ1) is 12.0. The second-order valence-electron chi connectivity index (χ2n) is 10.3. The van der Waals surface area contributed by atoms with Crippen molar-refractivity contribution >= 4 is 0 Å². The maximum absolute atomic E-state index is 10.1. The molecular formula is C24H40O. The highest BCUT2D eigenvalue weighted by Gasteiger charge is 2.56. The smallest absolute Gasteiger partial charge is 0.0577 e. The van der Waals surface area contributed by atoms with Crippen molar-refractivity contribution in [1.29, 1.82) is 0 Å². The van der Waals surface area contributed by atoms with E-state index < -0.39 is 0 Å². The quantitative estimate of drug-likeness (QED) is 0.588. The van der Waals surface area contributed by atoms with Gasteiger partial charge in [-0.15, -0.1) is 0 Å². The predicted octanol–water partition coefficient (Wildman–Crippen LogP) is 6.36. The average molecular weight is 345 g/mol. The highest BCUT2D eigenvalue weighted by Crippen LogP contribution is 2.64. The van der Waals surface area contributed by atoms with E-state index in [0.717, 1.165) is 48.3 Å². The number of hydrogen-bond acceptors (Lipinski definition) is 1. The van der Waals surface area contributed by atoms with Crippen LogP contribution in [0, 0.1) is 40.9 Å². The van der Waals surface area contributed by atoms with Crippen LogP contribution in [0.1, 0.15) is 91.4 Å². The Balaban J connectivity index is 1.52. The summed E-state index contributed by atoms with van der Waals surface area (Å²) in [6, 6.07) is 0. The van der Waals surface area contributed by atoms with Gasteiger partial charge in [-0.05, 0) is 92.3 Å². The van der Waals surface area contributed by atoms with Crippen molar-refractivity contribution in [3.63, 3.8) is 0 Å². The highest BCUT2D eigenvalue weighted by molar-refractivity contribution is 5.20. The maximum atomic E-state index is 10.1. The molecule has 0 radical (unpaired) electrons. The lowest BCUT2D eigenvalue weighted by Gasteiger charge is -2.54. The Morgan fingerprint density at radius 3 is 2.80 bits per heavy atom. The van der Waals surface area contributed by atoms with Crippen LogP contribution in [-0.2, 0) is 0 Å². The van der Waals surface area contributed by atoms with E-state index in [0.29, 0.717) is 5.41 Å². The Morgan fingerprint density at radius 2 is 2.00 bits per heavy atom. The molecule has 3 saturated carbocycles. The monoisotopic (exact) mass is 344 g/mol. The lowest BCUT2D eigenvalue weighted by Crippen LogP contribution is -2.47. The summed E-state index contributed by atoms with van der Waals surface area (Å²) in [5.74, 6) is 5.59. The van der Waals surface area contributed by atoms with E-state index in [4.69, 9.17) is 0 Å². The summed E-state index contributed by atoms with van der Waals surface area (Å²) in [6.07, 6.45) is 17.3. The van der Waals surface area contributed by atoms with E-state index in [9.17, 15) is 5.11 Å². The lowest BCUT2D eigenvalue weighted by molar-refractivity contribution is -0.0294. The van der Waals surface area contributed by atoms with E-state index in [2.05, 4.69) is 26.8 Å². The second kappa shape index (κ2) is 7.02. The molecule has 4 aliphatic carbocycles. The SMILES string of the molecule is CCCC[C@@H](C)[C@H]1CC[C@H]2[C@@H]3CC=C4C[C@@H](O)CC[C@@H]4[C@H]3CC[C@]12C. The summed E-state index contributed by atoms with van der Waals surface area (Å²) in [4.78, 5) is 0. The zero-order valence-electron chi connectivity index (χ0n) is 16.8. The van der Waals surface area contributed by atoms with E-state index in [-0.39, 0.29) is 6.10 Å². The fraction of sp³-hybridized carbons (Fsp3) is 0.917. The van der Waals surface area contributed by atoms with Crippen LogP contribution in [-0.4, -0.2) is 11.2 Å². The minimum atomic E-state index is -0.0526. The standard InChI is InChI=1S/C24H40O/c1-4-5-6-16(2)22-11-12-23-21-9-7-17-15-18(25)8-10-19(17)20(21)13-14-24(22,23)3/h7,16,18-23,25H,4-6,8-15H2,1-3H3/t16-,18+,19+,20-,21-,22-,23+,24-/m1/s1. The highest BCUT2D eigenvalue weighted by atomic mass is 16.3. The molecule has 0 aromatic carbocycles. The molecule has 0 aromatic heterocycles. The third-order valence-electron chi connectivity index (χ3n) is 9.19. The number of rotatable bonds is 4. The normalized spacial score (nSPS) is 47.4. The van der Waals surface area contributed by atoms with Crippen molar-refractivity contribution in [3.8, 4) is 0 Å². The summed E-state index contributed by atoms with van der Waals surface area (Å²) in [7, 11) is 0. The number of allylic oxidation sites excluding steroid dienone is 1. The Kier molecular flexibility index (Phi) is 5.08. The second-order valence-corrected chi connectivity index (χ2v) is 10.3. The van der Waals surface area contributed by atoms with Crippen LogP contribution >= 0.6 is 0 Å². The fourth-order valence-electron chi connectivity index (χ4n) is 7.95. The molecule has 0 aromatic rings. The van der Waals surface area contributed by atoms with Crippen LogP contribution in [0.5, 0.6) is 0 Å². The van der Waals surface area contributed by atoms with Gasteiger partial charge in [0.05, 0.1) is 6.10 Å². The van der Waals surface area contributed by atoms with Gasteiger partial charge in [-0.1, -0.05) is 51.7 Å². The topological polar surface area (TPSA) is 20.2 Å². The Morgan fingerprint density at radius 1 is 1.16 bits per heavy atom. The minimum absolute atomic E-state index is 0.0526. The minimum Gasteiger partial charge on any atom is -0.393 e. The van der Waals surface area contributed by atoms with Crippen LogP contribution < -0.4 is 0 Å². The molecule has 0 heterocycles. The van der Waals surface area contributed by atoms with Gasteiger partial charge in [0.1, 0.15) is 0 Å². The summed E-state index contributed by atoms with van der Waals surface area (Å²) in [6.45, 7) is 7.57. The van der Waals surface area contributed by atoms with Gasteiger partial charge in [0.25, 0.3) is 0 Å². The molecule has 142 valence electrons. The molecule has 0 aliphatic heterocycles. The van der Waals surface area contributed by atoms with Crippen molar-refractivity contribution in [3.05, 3.63) is 11.6 Å². The molecule has 0 amide bonds. The molecule has 4 aliphatic rings. The lowest BCUT2D eigenvalue weighted by atomic mass is 9.51. The summed E-state index contributed by atoms with van der Waals surface area (Å²) < 4.78 is 0. The van der Waals surface area contributed by atoms with Crippen LogP contribution in [0.25, 0.3) is 0 Å². The molecule has 0 spiro atoms. The van der Waals surface area contributed by atoms with Crippen molar-refractivity contribution in [1.82, 2.24) is 0 Å². The first-order valence-electron chi connectivity index (χ1n) is 11.4. The molecule has 3 fully saturated rings. The number of aliphatic hydroxyl groups is 1. The molecule has 0 unspecified atom stereocenters. The van der Waals surface area contributed by atoms with Gasteiger partial charge in [-0.25, -0.2) is 0 Å². The van der Waals surface area contributed by atoms with Gasteiger partial charge in [-0.2, -0.15) is 0 Å². The largest absolute Gasteiger partial charge is 0.393 e. The van der Waals surface area contributed by atoms with Crippen LogP contribution in [0.15, 0.2) is 11.6 Å². The van der Waals surface area contributed by atoms with Gasteiger partial charge < -0.3 is 5.11 Å². The van der Waals surface area contributed by atoms with E-state index in [1.807, 2.05) is 0 Å². The average Bonchev–Trinajstić information content (AvgIpc) is 2.96. The van der Waals surface area contributed by atoms with Crippen LogP contribution in [0.2, 0.25) is 0 Å². The van der Waals surface area contributed by atoms with Crippen molar-refractivity contribution in [2.75, 3.05) is 0 Å². The van der Waals surface area contributed by atoms with Gasteiger partial charge >= 0.3 is 0 Å². The number of unbranched alkanes of at least 4 members (excludes halogenated alkanes) is 1. The molecular weight excluding hydrogens is 304 g/mol. The predicted molar refractivity (Wildman–Crippen MR) is 105 cm³/mol. The van der Waals surface area contributed by atoms with Crippen LogP contribution in [0.4, 0.5) is 0 Å². The molecule has 8 atom stereocenters. The molecule has 1 nitrogen and oxygen atoms in total. The molecule has 1 N–H and O–H groups in total. The first-order valence-corrected chi connectivity index (χ1v) is 11.4. The van der Waals surface area contributed by atoms with E-state index in [1.54, 1.807) is 5.57 Å². The van der Waals surface area contributed by atoms with Gasteiger partial charge in [0, 0.05) is 0 Å². The van der Waals surface area contributed by atoms with Crippen molar-refractivity contribution in [2.45, 2.75) is 97.5 Å². The molecule has 25 heavy (non-hydrogen) atoms. The maximum Gasteiger partial charge on any atom is 0.0577 e. The zero-order chi connectivity index (χ0) is 17.6. The van der Waals surface area contributed by atoms with Gasteiger partial charge in [-0.3, -0.25) is 0 Å². The van der Waals surface area contributed by atoms with Gasteiger partial charge in [0.15, 0.2) is 0 Å². The third-order valence-corrected chi connectivity index (χ3v) is 9.19. The summed E-state index contributed by atoms with van der Waals surface area (Å²) >= 11 is 0. The molecule has 4 rings (SSSR count). The third kappa shape index (κ3) is 3.03. The van der Waals surface area contributed by atoms with Crippen molar-refractivity contribution < 1.29 is 5.11 Å². The zero-order valence-corrected chi connectivity index (χ0v) is 16.8.